The monoisotopic (exact) mass is 414 g/mol. The number of rotatable bonds is 5. The molecule has 0 aromatic heterocycles. The van der Waals surface area contributed by atoms with Gasteiger partial charge in [0.1, 0.15) is 11.8 Å². The highest BCUT2D eigenvalue weighted by molar-refractivity contribution is 6.31. The van der Waals surface area contributed by atoms with Crippen molar-refractivity contribution in [3.63, 3.8) is 0 Å². The molecular formula is C19H18ClF3N2O3. The lowest BCUT2D eigenvalue weighted by Crippen LogP contribution is -2.38. The summed E-state index contributed by atoms with van der Waals surface area (Å²) in [5.74, 6) is -1.66. The van der Waals surface area contributed by atoms with E-state index in [1.165, 1.54) is 18.2 Å². The summed E-state index contributed by atoms with van der Waals surface area (Å²) >= 11 is 5.91. The maximum atomic E-state index is 12.6. The predicted molar refractivity (Wildman–Crippen MR) is 99.3 cm³/mol. The fraction of sp³-hybridized carbons (Fsp3) is 0.263. The van der Waals surface area contributed by atoms with E-state index in [0.717, 1.165) is 24.3 Å². The number of hydrogen-bond acceptors (Lipinski definition) is 4. The van der Waals surface area contributed by atoms with Crippen LogP contribution < -0.4 is 15.8 Å². The van der Waals surface area contributed by atoms with Gasteiger partial charge in [-0.25, -0.2) is 4.79 Å². The zero-order valence-electron chi connectivity index (χ0n) is 15.0. The topological polar surface area (TPSA) is 81.4 Å². The van der Waals surface area contributed by atoms with Crippen molar-refractivity contribution < 1.29 is 27.5 Å². The molecule has 1 atom stereocenters. The molecule has 3 N–H and O–H groups in total. The van der Waals surface area contributed by atoms with Crippen LogP contribution in [0.5, 0.6) is 5.75 Å². The summed E-state index contributed by atoms with van der Waals surface area (Å²) in [7, 11) is 0. The summed E-state index contributed by atoms with van der Waals surface area (Å²) in [6.07, 6.45) is -4.48. The van der Waals surface area contributed by atoms with Crippen molar-refractivity contribution in [2.24, 2.45) is 11.7 Å². The van der Waals surface area contributed by atoms with Crippen molar-refractivity contribution in [2.45, 2.75) is 26.1 Å². The summed E-state index contributed by atoms with van der Waals surface area (Å²) in [6.45, 7) is 3.48. The molecule has 150 valence electrons. The molecule has 9 heteroatoms. The van der Waals surface area contributed by atoms with Crippen LogP contribution in [-0.2, 0) is 11.0 Å². The number of nitrogens with two attached hydrogens (primary N) is 1. The van der Waals surface area contributed by atoms with E-state index in [9.17, 15) is 22.8 Å². The Balaban J connectivity index is 2.23. The minimum absolute atomic E-state index is 0.0586. The molecule has 1 unspecified atom stereocenters. The number of ether oxygens (including phenoxy) is 1. The van der Waals surface area contributed by atoms with Crippen molar-refractivity contribution in [3.05, 3.63) is 58.6 Å². The van der Waals surface area contributed by atoms with Crippen LogP contribution in [0.3, 0.4) is 0 Å². The summed E-state index contributed by atoms with van der Waals surface area (Å²) in [4.78, 5) is 24.6. The Morgan fingerprint density at radius 3 is 2.25 bits per heavy atom. The molecule has 0 aliphatic heterocycles. The molecule has 0 bridgehead atoms. The van der Waals surface area contributed by atoms with E-state index >= 15 is 0 Å². The van der Waals surface area contributed by atoms with Crippen LogP contribution in [0.2, 0.25) is 5.02 Å². The Kier molecular flexibility index (Phi) is 6.69. The number of amides is 1. The van der Waals surface area contributed by atoms with E-state index in [1.54, 1.807) is 13.8 Å². The third-order valence-corrected chi connectivity index (χ3v) is 4.09. The van der Waals surface area contributed by atoms with Gasteiger partial charge >= 0.3 is 12.1 Å². The number of esters is 1. The second kappa shape index (κ2) is 8.62. The first-order chi connectivity index (χ1) is 13.0. The molecule has 0 heterocycles. The van der Waals surface area contributed by atoms with Gasteiger partial charge in [0.25, 0.3) is 5.91 Å². The number of benzene rings is 2. The van der Waals surface area contributed by atoms with Crippen LogP contribution >= 0.6 is 11.6 Å². The van der Waals surface area contributed by atoms with Crippen molar-refractivity contribution in [2.75, 3.05) is 5.32 Å². The van der Waals surface area contributed by atoms with Gasteiger partial charge in [0, 0.05) is 10.7 Å². The number of carbonyl (C=O) groups excluding carboxylic acids is 2. The maximum Gasteiger partial charge on any atom is 0.416 e. The first-order valence-corrected chi connectivity index (χ1v) is 8.62. The van der Waals surface area contributed by atoms with E-state index < -0.39 is 29.7 Å². The van der Waals surface area contributed by atoms with Crippen molar-refractivity contribution in [3.8, 4) is 5.75 Å². The Morgan fingerprint density at radius 1 is 1.11 bits per heavy atom. The standard InChI is InChI=1S/C19H18ClF3N2O3/c1-10(2)16(24)18(27)28-15-8-5-12(20)9-14(15)17(26)25-13-6-3-11(4-7-13)19(21,22)23/h3-10,16H,24H2,1-2H3,(H,25,26). The quantitative estimate of drug-likeness (QED) is 0.557. The van der Waals surface area contributed by atoms with Gasteiger partial charge in [-0.1, -0.05) is 25.4 Å². The largest absolute Gasteiger partial charge is 0.425 e. The highest BCUT2D eigenvalue weighted by Crippen LogP contribution is 2.30. The first-order valence-electron chi connectivity index (χ1n) is 8.24. The second-order valence-electron chi connectivity index (χ2n) is 6.36. The molecule has 0 fully saturated rings. The lowest BCUT2D eigenvalue weighted by Gasteiger charge is -2.16. The Bertz CT molecular complexity index is 868. The van der Waals surface area contributed by atoms with Gasteiger partial charge in [-0.2, -0.15) is 13.2 Å². The fourth-order valence-corrected chi connectivity index (χ4v) is 2.33. The lowest BCUT2D eigenvalue weighted by molar-refractivity contribution is -0.138. The molecule has 0 radical (unpaired) electrons. The molecule has 28 heavy (non-hydrogen) atoms. The molecule has 0 saturated heterocycles. The molecule has 1 amide bonds. The van der Waals surface area contributed by atoms with Gasteiger partial charge in [0.15, 0.2) is 0 Å². The summed E-state index contributed by atoms with van der Waals surface area (Å²) in [5, 5.41) is 2.66. The molecule has 5 nitrogen and oxygen atoms in total. The fourth-order valence-electron chi connectivity index (χ4n) is 2.16. The van der Waals surface area contributed by atoms with E-state index in [-0.39, 0.29) is 27.9 Å². The Morgan fingerprint density at radius 2 is 1.71 bits per heavy atom. The number of nitrogens with one attached hydrogen (secondary N) is 1. The van der Waals surface area contributed by atoms with E-state index in [1.807, 2.05) is 0 Å². The smallest absolute Gasteiger partial charge is 0.416 e. The van der Waals surface area contributed by atoms with Crippen molar-refractivity contribution in [1.29, 1.82) is 0 Å². The highest BCUT2D eigenvalue weighted by Gasteiger charge is 2.30. The number of hydrogen-bond donors (Lipinski definition) is 2. The third-order valence-electron chi connectivity index (χ3n) is 3.86. The third kappa shape index (κ3) is 5.46. The van der Waals surface area contributed by atoms with Gasteiger partial charge in [-0.05, 0) is 48.4 Å². The molecule has 0 spiro atoms. The molecule has 2 rings (SSSR count). The number of anilines is 1. The molecular weight excluding hydrogens is 397 g/mol. The van der Waals surface area contributed by atoms with Crippen LogP contribution in [0.25, 0.3) is 0 Å². The number of alkyl halides is 3. The average Bonchev–Trinajstić information content (AvgIpc) is 2.61. The van der Waals surface area contributed by atoms with Gasteiger partial charge in [-0.15, -0.1) is 0 Å². The molecule has 2 aromatic rings. The van der Waals surface area contributed by atoms with Crippen molar-refractivity contribution >= 4 is 29.2 Å². The minimum Gasteiger partial charge on any atom is -0.425 e. The predicted octanol–water partition coefficient (Wildman–Crippen LogP) is 4.50. The lowest BCUT2D eigenvalue weighted by atomic mass is 10.1. The SMILES string of the molecule is CC(C)C(N)C(=O)Oc1ccc(Cl)cc1C(=O)Nc1ccc(C(F)(F)F)cc1. The minimum atomic E-state index is -4.48. The van der Waals surface area contributed by atoms with Gasteiger partial charge in [0.2, 0.25) is 0 Å². The molecule has 2 aromatic carbocycles. The first kappa shape index (κ1) is 21.7. The van der Waals surface area contributed by atoms with Crippen LogP contribution in [0, 0.1) is 5.92 Å². The van der Waals surface area contributed by atoms with Gasteiger partial charge in [0.05, 0.1) is 11.1 Å². The molecule has 0 saturated carbocycles. The van der Waals surface area contributed by atoms with E-state index in [0.29, 0.717) is 0 Å². The molecule has 0 aliphatic carbocycles. The van der Waals surface area contributed by atoms with Crippen LogP contribution in [-0.4, -0.2) is 17.9 Å². The van der Waals surface area contributed by atoms with Crippen LogP contribution in [0.1, 0.15) is 29.8 Å². The molecule has 0 aliphatic rings. The summed E-state index contributed by atoms with van der Waals surface area (Å²) in [5.41, 5.74) is 4.98. The maximum absolute atomic E-state index is 12.6. The number of halogens is 4. The summed E-state index contributed by atoms with van der Waals surface area (Å²) < 4.78 is 43.1. The van der Waals surface area contributed by atoms with Crippen LogP contribution in [0.15, 0.2) is 42.5 Å². The normalized spacial score (nSPS) is 12.6. The number of carbonyl (C=O) groups is 2. The zero-order valence-corrected chi connectivity index (χ0v) is 15.8. The van der Waals surface area contributed by atoms with Crippen LogP contribution in [0.4, 0.5) is 18.9 Å². The highest BCUT2D eigenvalue weighted by atomic mass is 35.5. The zero-order chi connectivity index (χ0) is 21.1. The average molecular weight is 415 g/mol. The van der Waals surface area contributed by atoms with E-state index in [2.05, 4.69) is 5.32 Å². The second-order valence-corrected chi connectivity index (χ2v) is 6.80. The van der Waals surface area contributed by atoms with Gasteiger partial charge in [-0.3, -0.25) is 4.79 Å². The van der Waals surface area contributed by atoms with E-state index in [4.69, 9.17) is 22.1 Å². The van der Waals surface area contributed by atoms with Gasteiger partial charge < -0.3 is 15.8 Å². The van der Waals surface area contributed by atoms with Crippen molar-refractivity contribution in [1.82, 2.24) is 0 Å². The Hall–Kier alpha value is -2.58. The Labute approximate surface area is 164 Å². The summed E-state index contributed by atoms with van der Waals surface area (Å²) in [6, 6.07) is 7.09.